The number of carbonyl (C=O) groups is 4. The van der Waals surface area contributed by atoms with Gasteiger partial charge in [0, 0.05) is 52.3 Å². The zero-order valence-electron chi connectivity index (χ0n) is 31.1. The lowest BCUT2D eigenvalue weighted by atomic mass is 10.0. The molecule has 4 aromatic rings. The topological polar surface area (TPSA) is 269 Å². The fraction of sp³-hybridized carbons (Fsp3) is 0.361. The number of amides is 2. The van der Waals surface area contributed by atoms with Crippen LogP contribution in [0.4, 0.5) is 9.52 Å². The number of halogens is 1. The number of thioether (sulfide) groups is 1. The SMILES string of the molecule is CC(C)(O/N=C(\C(=O)N[C@@H]1C(=O)N2C(C(=O)[O-])=C(C[n+]3cccc4c3ccn4Cc3ccc(/C(N)=N/OC4CCNCC4)cc3F)CS[C@H]12)c1nsc(N)n1)C(=O)O. The van der Waals surface area contributed by atoms with Gasteiger partial charge in [0.05, 0.1) is 18.2 Å². The Morgan fingerprint density at radius 2 is 1.98 bits per heavy atom. The number of hydrogen-bond acceptors (Lipinski definition) is 15. The summed E-state index contributed by atoms with van der Waals surface area (Å²) in [7, 11) is 0. The van der Waals surface area contributed by atoms with E-state index in [1.807, 2.05) is 21.3 Å². The normalized spacial score (nSPS) is 19.2. The van der Waals surface area contributed by atoms with Crippen molar-refractivity contribution in [2.75, 3.05) is 24.6 Å². The number of aliphatic carboxylic acids is 2. The van der Waals surface area contributed by atoms with E-state index in [0.717, 1.165) is 53.4 Å². The second-order valence-corrected chi connectivity index (χ2v) is 16.0. The lowest BCUT2D eigenvalue weighted by Gasteiger charge is -2.50. The molecule has 0 spiro atoms. The molecular formula is C36H38FN11O8S2. The summed E-state index contributed by atoms with van der Waals surface area (Å²) in [6.45, 7) is 4.36. The van der Waals surface area contributed by atoms with Gasteiger partial charge in [0.15, 0.2) is 23.7 Å². The molecule has 0 saturated carbocycles. The molecule has 1 aromatic carbocycles. The van der Waals surface area contributed by atoms with Crippen LogP contribution in [0.3, 0.4) is 0 Å². The zero-order chi connectivity index (χ0) is 41.3. The van der Waals surface area contributed by atoms with Crippen molar-refractivity contribution < 1.29 is 48.0 Å². The molecule has 0 bridgehead atoms. The maximum absolute atomic E-state index is 15.4. The van der Waals surface area contributed by atoms with Gasteiger partial charge in [-0.25, -0.2) is 9.18 Å². The fourth-order valence-electron chi connectivity index (χ4n) is 6.52. The molecule has 0 aliphatic carbocycles. The van der Waals surface area contributed by atoms with Gasteiger partial charge < -0.3 is 51.4 Å². The number of anilines is 1. The second-order valence-electron chi connectivity index (χ2n) is 14.1. The fourth-order valence-corrected chi connectivity index (χ4v) is 8.29. The molecule has 2 atom stereocenters. The van der Waals surface area contributed by atoms with Crippen molar-refractivity contribution in [3.05, 3.63) is 82.8 Å². The van der Waals surface area contributed by atoms with Crippen LogP contribution in [-0.4, -0.2) is 101 Å². The Labute approximate surface area is 337 Å². The van der Waals surface area contributed by atoms with Gasteiger partial charge in [0.25, 0.3) is 11.8 Å². The van der Waals surface area contributed by atoms with Gasteiger partial charge in [-0.05, 0) is 51.9 Å². The molecule has 6 heterocycles. The van der Waals surface area contributed by atoms with Crippen molar-refractivity contribution in [1.82, 2.24) is 29.5 Å². The number of nitrogens with zero attached hydrogens (tertiary/aromatic N) is 7. The van der Waals surface area contributed by atoms with E-state index in [9.17, 15) is 29.4 Å². The predicted octanol–water partition coefficient (Wildman–Crippen LogP) is -0.373. The highest BCUT2D eigenvalue weighted by atomic mass is 32.2. The molecule has 3 aliphatic rings. The van der Waals surface area contributed by atoms with Crippen LogP contribution in [0.2, 0.25) is 0 Å². The molecule has 2 saturated heterocycles. The van der Waals surface area contributed by atoms with E-state index in [-0.39, 0.29) is 47.4 Å². The summed E-state index contributed by atoms with van der Waals surface area (Å²) in [5.41, 5.74) is 11.8. The number of hydrogen-bond donors (Lipinski definition) is 5. The minimum atomic E-state index is -1.83. The molecular weight excluding hydrogens is 798 g/mol. The van der Waals surface area contributed by atoms with Crippen LogP contribution < -0.4 is 31.8 Å². The highest BCUT2D eigenvalue weighted by Crippen LogP contribution is 2.40. The highest BCUT2D eigenvalue weighted by molar-refractivity contribution is 8.00. The number of amidine groups is 1. The molecule has 22 heteroatoms. The van der Waals surface area contributed by atoms with Gasteiger partial charge in [-0.3, -0.25) is 14.5 Å². The monoisotopic (exact) mass is 835 g/mol. The van der Waals surface area contributed by atoms with Gasteiger partial charge in [0.1, 0.15) is 28.9 Å². The lowest BCUT2D eigenvalue weighted by Crippen LogP contribution is -2.71. The van der Waals surface area contributed by atoms with E-state index in [1.54, 1.807) is 30.6 Å². The number of pyridine rings is 1. The Kier molecular flexibility index (Phi) is 11.3. The number of fused-ring (bicyclic) bond motifs is 2. The number of nitrogens with one attached hydrogen (secondary N) is 2. The average Bonchev–Trinajstić information content (AvgIpc) is 3.83. The standard InChI is InChI=1S/C36H38FN11O8S2/c1-36(2,34(53)54)56-43-25(29-42-35(39)58-45-29)30(49)41-26-31(50)48-27(33(51)52)20(17-57-32(26)48)16-46-12-3-4-23-24(46)9-13-47(23)15-19-6-5-18(14-22(19)37)28(38)44-55-21-7-10-40-11-8-21/h3-6,9,12-14,21,26,32,40H,7-8,10-11,15-17H2,1-2H3,(H6-,38,39,41,42,44,45,49,51,52,53,54)/b43-25-/t26-,32-/m1/s1. The van der Waals surface area contributed by atoms with E-state index in [0.29, 0.717) is 16.7 Å². The number of carboxylic acid groups (broad SMARTS) is 2. The van der Waals surface area contributed by atoms with Gasteiger partial charge in [-0.15, -0.1) is 11.8 Å². The molecule has 3 aliphatic heterocycles. The van der Waals surface area contributed by atoms with Crippen LogP contribution in [0.15, 0.2) is 70.4 Å². The summed E-state index contributed by atoms with van der Waals surface area (Å²) >= 11 is 1.99. The summed E-state index contributed by atoms with van der Waals surface area (Å²) in [6, 6.07) is 8.92. The Morgan fingerprint density at radius 1 is 1.21 bits per heavy atom. The highest BCUT2D eigenvalue weighted by Gasteiger charge is 2.53. The predicted molar refractivity (Wildman–Crippen MR) is 206 cm³/mol. The number of rotatable bonds is 14. The zero-order valence-corrected chi connectivity index (χ0v) is 32.7. The molecule has 3 aromatic heterocycles. The van der Waals surface area contributed by atoms with Crippen LogP contribution in [0.1, 0.15) is 43.6 Å². The van der Waals surface area contributed by atoms with E-state index >= 15 is 4.39 Å². The maximum atomic E-state index is 15.4. The van der Waals surface area contributed by atoms with E-state index in [4.69, 9.17) is 21.1 Å². The van der Waals surface area contributed by atoms with Crippen LogP contribution in [-0.2, 0) is 41.9 Å². The largest absolute Gasteiger partial charge is 0.543 e. The third-order valence-electron chi connectivity index (χ3n) is 9.73. The number of carbonyl (C=O) groups excluding carboxylic acids is 3. The first-order valence-electron chi connectivity index (χ1n) is 18.0. The number of piperidine rings is 1. The first-order valence-corrected chi connectivity index (χ1v) is 19.8. The second kappa shape index (κ2) is 16.4. The van der Waals surface area contributed by atoms with Crippen LogP contribution in [0, 0.1) is 5.82 Å². The smallest absolute Gasteiger partial charge is 0.350 e. The molecule has 2 amide bonds. The summed E-state index contributed by atoms with van der Waals surface area (Å²) < 4.78 is 23.0. The molecule has 0 unspecified atom stereocenters. The first-order chi connectivity index (χ1) is 27.7. The Bertz CT molecular complexity index is 2390. The minimum Gasteiger partial charge on any atom is -0.543 e. The van der Waals surface area contributed by atoms with Crippen molar-refractivity contribution in [2.45, 2.75) is 62.9 Å². The molecule has 7 N–H and O–H groups in total. The number of carboxylic acids is 2. The lowest BCUT2D eigenvalue weighted by molar-refractivity contribution is -0.663. The van der Waals surface area contributed by atoms with Gasteiger partial charge >= 0.3 is 5.97 Å². The Balaban J connectivity index is 1.06. The van der Waals surface area contributed by atoms with Crippen molar-refractivity contribution >= 4 is 74.8 Å². The number of β-lactam (4-membered cyclic amide) rings is 1. The third-order valence-corrected chi connectivity index (χ3v) is 11.6. The summed E-state index contributed by atoms with van der Waals surface area (Å²) in [4.78, 5) is 66.7. The van der Waals surface area contributed by atoms with Gasteiger partial charge in [0.2, 0.25) is 22.7 Å². The minimum absolute atomic E-state index is 0.00596. The van der Waals surface area contributed by atoms with E-state index in [1.165, 1.54) is 31.7 Å². The molecule has 58 heavy (non-hydrogen) atoms. The van der Waals surface area contributed by atoms with Gasteiger partial charge in [-0.1, -0.05) is 22.4 Å². The number of nitrogens with two attached hydrogens (primary N) is 2. The van der Waals surface area contributed by atoms with Crippen molar-refractivity contribution in [3.63, 3.8) is 0 Å². The molecule has 0 radical (unpaired) electrons. The van der Waals surface area contributed by atoms with Crippen molar-refractivity contribution in [3.8, 4) is 0 Å². The van der Waals surface area contributed by atoms with Crippen LogP contribution in [0.25, 0.3) is 11.0 Å². The number of aromatic nitrogens is 4. The van der Waals surface area contributed by atoms with Crippen LogP contribution in [0.5, 0.6) is 0 Å². The van der Waals surface area contributed by atoms with E-state index < -0.39 is 52.3 Å². The van der Waals surface area contributed by atoms with Crippen LogP contribution >= 0.6 is 23.3 Å². The van der Waals surface area contributed by atoms with E-state index in [2.05, 4.69) is 30.3 Å². The quantitative estimate of drug-likeness (QED) is 0.0357. The number of oxime groups is 2. The molecule has 7 rings (SSSR count). The van der Waals surface area contributed by atoms with Gasteiger partial charge in [-0.2, -0.15) is 13.9 Å². The maximum Gasteiger partial charge on any atom is 0.350 e. The summed E-state index contributed by atoms with van der Waals surface area (Å²) in [6.07, 6.45) is 5.13. The number of nitrogen functional groups attached to an aromatic ring is 1. The molecule has 304 valence electrons. The van der Waals surface area contributed by atoms with Crippen molar-refractivity contribution in [1.29, 1.82) is 0 Å². The Hall–Kier alpha value is -6.13. The Morgan fingerprint density at radius 3 is 2.67 bits per heavy atom. The molecule has 2 fully saturated rings. The third kappa shape index (κ3) is 8.15. The first kappa shape index (κ1) is 40.1. The molecule has 19 nitrogen and oxygen atoms in total. The number of benzene rings is 1. The average molecular weight is 836 g/mol. The summed E-state index contributed by atoms with van der Waals surface area (Å²) in [5.74, 6) is -5.11. The van der Waals surface area contributed by atoms with Crippen molar-refractivity contribution in [2.24, 2.45) is 16.0 Å². The summed E-state index contributed by atoms with van der Waals surface area (Å²) in [5, 5.41) is 34.7.